The quantitative estimate of drug-likeness (QED) is 0.356. The summed E-state index contributed by atoms with van der Waals surface area (Å²) in [6.45, 7) is 0. The van der Waals surface area contributed by atoms with Gasteiger partial charge in [0.15, 0.2) is 5.43 Å². The fourth-order valence-corrected chi connectivity index (χ4v) is 3.20. The highest BCUT2D eigenvalue weighted by Crippen LogP contribution is 2.30. The molecule has 0 atom stereocenters. The summed E-state index contributed by atoms with van der Waals surface area (Å²) in [6.07, 6.45) is 1.41. The second kappa shape index (κ2) is 8.13. The first-order valence-electron chi connectivity index (χ1n) is 9.16. The van der Waals surface area contributed by atoms with Gasteiger partial charge in [-0.15, -0.1) is 0 Å². The Hall–Kier alpha value is -4.06. The van der Waals surface area contributed by atoms with E-state index < -0.39 is 5.97 Å². The molecule has 0 saturated carbocycles. The summed E-state index contributed by atoms with van der Waals surface area (Å²) in [5.41, 5.74) is 1.56. The van der Waals surface area contributed by atoms with Crippen molar-refractivity contribution < 1.29 is 23.4 Å². The highest BCUT2D eigenvalue weighted by atomic mass is 16.5. The fraction of sp³-hybridized carbons (Fsp3) is 0.0833. The monoisotopic (exact) mass is 402 g/mol. The Morgan fingerprint density at radius 1 is 0.867 bits per heavy atom. The van der Waals surface area contributed by atoms with E-state index in [0.717, 1.165) is 5.56 Å². The average molecular weight is 402 g/mol. The third kappa shape index (κ3) is 3.51. The van der Waals surface area contributed by atoms with Crippen LogP contribution in [0.15, 0.2) is 82.2 Å². The molecular weight excluding hydrogens is 384 g/mol. The van der Waals surface area contributed by atoms with Crippen molar-refractivity contribution in [1.29, 1.82) is 0 Å². The van der Waals surface area contributed by atoms with Crippen molar-refractivity contribution in [2.45, 2.75) is 0 Å². The van der Waals surface area contributed by atoms with Gasteiger partial charge in [-0.1, -0.05) is 36.4 Å². The molecule has 0 saturated heterocycles. The van der Waals surface area contributed by atoms with Crippen LogP contribution in [0, 0.1) is 0 Å². The normalized spacial score (nSPS) is 10.6. The summed E-state index contributed by atoms with van der Waals surface area (Å²) in [5, 5.41) is 0.394. The number of rotatable bonds is 5. The Balaban J connectivity index is 1.69. The third-order valence-electron chi connectivity index (χ3n) is 4.67. The molecule has 30 heavy (non-hydrogen) atoms. The summed E-state index contributed by atoms with van der Waals surface area (Å²) >= 11 is 0. The average Bonchev–Trinajstić information content (AvgIpc) is 2.79. The van der Waals surface area contributed by atoms with Gasteiger partial charge in [0.05, 0.1) is 25.2 Å². The smallest absolute Gasteiger partial charge is 0.351 e. The number of carbonyl (C=O) groups is 1. The van der Waals surface area contributed by atoms with Crippen LogP contribution >= 0.6 is 0 Å². The van der Waals surface area contributed by atoms with Crippen LogP contribution in [-0.4, -0.2) is 20.2 Å². The van der Waals surface area contributed by atoms with Gasteiger partial charge in [0.25, 0.3) is 0 Å². The Morgan fingerprint density at radius 3 is 2.23 bits per heavy atom. The van der Waals surface area contributed by atoms with E-state index in [1.54, 1.807) is 30.3 Å². The van der Waals surface area contributed by atoms with Crippen LogP contribution in [0.1, 0.15) is 10.4 Å². The summed E-state index contributed by atoms with van der Waals surface area (Å²) in [6, 6.07) is 18.9. The predicted molar refractivity (Wildman–Crippen MR) is 112 cm³/mol. The zero-order valence-electron chi connectivity index (χ0n) is 16.4. The van der Waals surface area contributed by atoms with Gasteiger partial charge in [-0.3, -0.25) is 4.79 Å². The number of ether oxygens (including phenoxy) is 3. The molecule has 3 aromatic carbocycles. The molecule has 1 aromatic heterocycles. The second-order valence-electron chi connectivity index (χ2n) is 6.43. The van der Waals surface area contributed by atoms with Crippen LogP contribution in [0.4, 0.5) is 0 Å². The minimum atomic E-state index is -0.646. The molecule has 6 nitrogen and oxygen atoms in total. The Bertz CT molecular complexity index is 1250. The standard InChI is InChI=1S/C24H18O6/c1-27-19-9-6-10-20(28-2)22(19)24(26)30-16-11-12-17-21(13-16)29-14-18(23(17)25)15-7-4-3-5-8-15/h3-14H,1-2H3. The lowest BCUT2D eigenvalue weighted by Gasteiger charge is -2.12. The van der Waals surface area contributed by atoms with E-state index in [9.17, 15) is 9.59 Å². The number of carbonyl (C=O) groups excluding carboxylic acids is 1. The minimum Gasteiger partial charge on any atom is -0.496 e. The molecule has 0 amide bonds. The molecule has 0 aliphatic rings. The van der Waals surface area contributed by atoms with Gasteiger partial charge in [0.2, 0.25) is 0 Å². The minimum absolute atomic E-state index is 0.160. The fourth-order valence-electron chi connectivity index (χ4n) is 3.20. The summed E-state index contributed by atoms with van der Waals surface area (Å²) in [7, 11) is 2.92. The van der Waals surface area contributed by atoms with Gasteiger partial charge in [0, 0.05) is 6.07 Å². The molecular formula is C24H18O6. The van der Waals surface area contributed by atoms with Gasteiger partial charge in [-0.25, -0.2) is 4.79 Å². The number of methoxy groups -OCH3 is 2. The zero-order chi connectivity index (χ0) is 21.1. The van der Waals surface area contributed by atoms with Crippen molar-refractivity contribution in [3.8, 4) is 28.4 Å². The van der Waals surface area contributed by atoms with Crippen molar-refractivity contribution >= 4 is 16.9 Å². The molecule has 0 fully saturated rings. The van der Waals surface area contributed by atoms with Gasteiger partial charge >= 0.3 is 5.97 Å². The predicted octanol–water partition coefficient (Wildman–Crippen LogP) is 4.70. The van der Waals surface area contributed by atoms with Crippen LogP contribution in [0.5, 0.6) is 17.2 Å². The van der Waals surface area contributed by atoms with Gasteiger partial charge in [-0.2, -0.15) is 0 Å². The molecule has 6 heteroatoms. The molecule has 4 aromatic rings. The van der Waals surface area contributed by atoms with Gasteiger partial charge in [0.1, 0.15) is 34.7 Å². The molecule has 150 valence electrons. The maximum Gasteiger partial charge on any atom is 0.351 e. The largest absolute Gasteiger partial charge is 0.496 e. The van der Waals surface area contributed by atoms with Crippen LogP contribution < -0.4 is 19.6 Å². The highest BCUT2D eigenvalue weighted by molar-refractivity contribution is 5.97. The van der Waals surface area contributed by atoms with E-state index >= 15 is 0 Å². The number of benzene rings is 3. The molecule has 0 aliphatic carbocycles. The van der Waals surface area contributed by atoms with Crippen LogP contribution in [0.3, 0.4) is 0 Å². The Labute approximate surface area is 172 Å². The van der Waals surface area contributed by atoms with Crippen LogP contribution in [0.2, 0.25) is 0 Å². The lowest BCUT2D eigenvalue weighted by molar-refractivity contribution is 0.0727. The van der Waals surface area contributed by atoms with E-state index in [1.807, 2.05) is 30.3 Å². The number of hydrogen-bond acceptors (Lipinski definition) is 6. The van der Waals surface area contributed by atoms with Crippen molar-refractivity contribution in [2.24, 2.45) is 0 Å². The first-order chi connectivity index (χ1) is 14.6. The van der Waals surface area contributed by atoms with Crippen molar-refractivity contribution in [3.63, 3.8) is 0 Å². The Morgan fingerprint density at radius 2 is 1.57 bits per heavy atom. The summed E-state index contributed by atoms with van der Waals surface area (Å²) < 4.78 is 21.6. The lowest BCUT2D eigenvalue weighted by Crippen LogP contribution is -2.12. The molecule has 0 radical (unpaired) electrons. The van der Waals surface area contributed by atoms with Crippen LogP contribution in [-0.2, 0) is 0 Å². The maximum atomic E-state index is 12.9. The van der Waals surface area contributed by atoms with E-state index in [4.69, 9.17) is 18.6 Å². The maximum absolute atomic E-state index is 12.9. The number of fused-ring (bicyclic) bond motifs is 1. The van der Waals surface area contributed by atoms with Crippen molar-refractivity contribution in [1.82, 2.24) is 0 Å². The number of esters is 1. The van der Waals surface area contributed by atoms with E-state index in [1.165, 1.54) is 26.5 Å². The molecule has 4 rings (SSSR count). The topological polar surface area (TPSA) is 75.0 Å². The van der Waals surface area contributed by atoms with Gasteiger partial charge in [-0.05, 0) is 29.8 Å². The summed E-state index contributed by atoms with van der Waals surface area (Å²) in [5.74, 6) is 0.251. The summed E-state index contributed by atoms with van der Waals surface area (Å²) in [4.78, 5) is 25.6. The molecule has 0 unspecified atom stereocenters. The van der Waals surface area contributed by atoms with Crippen LogP contribution in [0.25, 0.3) is 22.1 Å². The Kier molecular flexibility index (Phi) is 5.22. The van der Waals surface area contributed by atoms with E-state index in [0.29, 0.717) is 28.0 Å². The van der Waals surface area contributed by atoms with E-state index in [-0.39, 0.29) is 16.7 Å². The van der Waals surface area contributed by atoms with Crippen molar-refractivity contribution in [3.05, 3.63) is 88.8 Å². The first-order valence-corrected chi connectivity index (χ1v) is 9.16. The zero-order valence-corrected chi connectivity index (χ0v) is 16.4. The highest BCUT2D eigenvalue weighted by Gasteiger charge is 2.21. The molecule has 0 N–H and O–H groups in total. The van der Waals surface area contributed by atoms with Gasteiger partial charge < -0.3 is 18.6 Å². The first kappa shape index (κ1) is 19.3. The molecule has 1 heterocycles. The number of hydrogen-bond donors (Lipinski definition) is 0. The SMILES string of the molecule is COc1cccc(OC)c1C(=O)Oc1ccc2c(=O)c(-c3ccccc3)coc2c1. The third-order valence-corrected chi connectivity index (χ3v) is 4.67. The van der Waals surface area contributed by atoms with E-state index in [2.05, 4.69) is 0 Å². The second-order valence-corrected chi connectivity index (χ2v) is 6.43. The molecule has 0 spiro atoms. The molecule has 0 aliphatic heterocycles. The lowest BCUT2D eigenvalue weighted by atomic mass is 10.1. The molecule has 0 bridgehead atoms. The van der Waals surface area contributed by atoms with Crippen molar-refractivity contribution in [2.75, 3.05) is 14.2 Å².